The third-order valence-corrected chi connectivity index (χ3v) is 5.08. The van der Waals surface area contributed by atoms with E-state index in [9.17, 15) is 4.79 Å². The van der Waals surface area contributed by atoms with Crippen LogP contribution in [0.15, 0.2) is 47.4 Å². The Morgan fingerprint density at radius 3 is 2.56 bits per heavy atom. The van der Waals surface area contributed by atoms with Gasteiger partial charge >= 0.3 is 0 Å². The van der Waals surface area contributed by atoms with Gasteiger partial charge in [0.05, 0.1) is 24.8 Å². The van der Waals surface area contributed by atoms with Crippen LogP contribution in [0, 0.1) is 6.92 Å². The van der Waals surface area contributed by atoms with Crippen molar-refractivity contribution >= 4 is 46.0 Å². The van der Waals surface area contributed by atoms with E-state index >= 15 is 0 Å². The molecule has 3 rings (SSSR count). The number of aryl methyl sites for hydroxylation is 1. The summed E-state index contributed by atoms with van der Waals surface area (Å²) in [6.45, 7) is 1.98. The number of thioether (sulfide) groups is 1. The van der Waals surface area contributed by atoms with Crippen LogP contribution in [0.2, 0.25) is 0 Å². The molecule has 0 spiro atoms. The lowest BCUT2D eigenvalue weighted by Gasteiger charge is -2.15. The summed E-state index contributed by atoms with van der Waals surface area (Å²) >= 11 is 6.70. The third kappa shape index (κ3) is 3.41. The summed E-state index contributed by atoms with van der Waals surface area (Å²) in [6, 6.07) is 13.3. The highest BCUT2D eigenvalue weighted by atomic mass is 32.2. The quantitative estimate of drug-likeness (QED) is 0.588. The van der Waals surface area contributed by atoms with Gasteiger partial charge in [0.25, 0.3) is 5.91 Å². The Kier molecular flexibility index (Phi) is 5.11. The van der Waals surface area contributed by atoms with Gasteiger partial charge < -0.3 is 9.47 Å². The summed E-state index contributed by atoms with van der Waals surface area (Å²) in [6.07, 6.45) is 1.79. The van der Waals surface area contributed by atoms with Gasteiger partial charge in [-0.2, -0.15) is 0 Å². The number of anilines is 1. The molecule has 1 heterocycles. The summed E-state index contributed by atoms with van der Waals surface area (Å²) in [5, 5.41) is 0. The minimum absolute atomic E-state index is 0.134. The number of nitrogens with zero attached hydrogens (tertiary/aromatic N) is 1. The van der Waals surface area contributed by atoms with E-state index in [1.807, 2.05) is 49.4 Å². The highest BCUT2D eigenvalue weighted by Crippen LogP contribution is 2.39. The highest BCUT2D eigenvalue weighted by Gasteiger charge is 2.33. The van der Waals surface area contributed by atoms with Crippen LogP contribution in [0.25, 0.3) is 6.08 Å². The van der Waals surface area contributed by atoms with Crippen molar-refractivity contribution in [2.75, 3.05) is 19.1 Å². The van der Waals surface area contributed by atoms with E-state index in [0.717, 1.165) is 16.8 Å². The SMILES string of the molecule is COc1cccc(/C=C2/SC(=S)N(c3cccc(C)c3)C2=O)c1OC. The van der Waals surface area contributed by atoms with Crippen LogP contribution in [0.1, 0.15) is 11.1 Å². The van der Waals surface area contributed by atoms with Gasteiger partial charge in [0.2, 0.25) is 0 Å². The van der Waals surface area contributed by atoms with Crippen LogP contribution in [0.3, 0.4) is 0 Å². The number of carbonyl (C=O) groups excluding carboxylic acids is 1. The Balaban J connectivity index is 1.99. The zero-order valence-electron chi connectivity index (χ0n) is 14.1. The van der Waals surface area contributed by atoms with Crippen molar-refractivity contribution in [3.8, 4) is 11.5 Å². The maximum absolute atomic E-state index is 12.9. The lowest BCUT2D eigenvalue weighted by molar-refractivity contribution is -0.113. The summed E-state index contributed by atoms with van der Waals surface area (Å²) in [5.41, 5.74) is 2.63. The van der Waals surface area contributed by atoms with Crippen molar-refractivity contribution in [2.24, 2.45) is 0 Å². The van der Waals surface area contributed by atoms with E-state index in [2.05, 4.69) is 0 Å². The topological polar surface area (TPSA) is 38.8 Å². The van der Waals surface area contributed by atoms with Crippen molar-refractivity contribution in [1.82, 2.24) is 0 Å². The van der Waals surface area contributed by atoms with Crippen LogP contribution >= 0.6 is 24.0 Å². The molecule has 25 heavy (non-hydrogen) atoms. The van der Waals surface area contributed by atoms with Crippen LogP contribution in [-0.2, 0) is 4.79 Å². The molecular formula is C19H17NO3S2. The first-order chi connectivity index (χ1) is 12.0. The molecule has 4 nitrogen and oxygen atoms in total. The minimum atomic E-state index is -0.134. The molecule has 0 unspecified atom stereocenters. The van der Waals surface area contributed by atoms with Crippen LogP contribution in [0.5, 0.6) is 11.5 Å². The minimum Gasteiger partial charge on any atom is -0.493 e. The number of hydrogen-bond acceptors (Lipinski definition) is 5. The molecule has 0 radical (unpaired) electrons. The number of para-hydroxylation sites is 1. The van der Waals surface area contributed by atoms with Gasteiger partial charge in [-0.25, -0.2) is 0 Å². The standard InChI is InChI=1S/C19H17NO3S2/c1-12-6-4-8-14(10-12)20-18(21)16(25-19(20)24)11-13-7-5-9-15(22-2)17(13)23-3/h4-11H,1-3H3/b16-11+. The fourth-order valence-corrected chi connectivity index (χ4v) is 3.91. The third-order valence-electron chi connectivity index (χ3n) is 3.77. The Morgan fingerprint density at radius 2 is 1.88 bits per heavy atom. The number of ether oxygens (including phenoxy) is 2. The Hall–Kier alpha value is -2.31. The molecule has 0 atom stereocenters. The molecule has 2 aromatic rings. The Labute approximate surface area is 156 Å². The monoisotopic (exact) mass is 371 g/mol. The van der Waals surface area contributed by atoms with E-state index in [1.165, 1.54) is 11.8 Å². The predicted octanol–water partition coefficient (Wildman–Crippen LogP) is 4.42. The fourth-order valence-electron chi connectivity index (χ4n) is 2.62. The molecule has 0 aromatic heterocycles. The first-order valence-corrected chi connectivity index (χ1v) is 8.83. The number of amides is 1. The Bertz CT molecular complexity index is 877. The van der Waals surface area contributed by atoms with Gasteiger partial charge in [-0.1, -0.05) is 48.2 Å². The average Bonchev–Trinajstić information content (AvgIpc) is 2.88. The number of rotatable bonds is 4. The van der Waals surface area contributed by atoms with E-state index in [0.29, 0.717) is 20.7 Å². The maximum Gasteiger partial charge on any atom is 0.270 e. The van der Waals surface area contributed by atoms with E-state index in [4.69, 9.17) is 21.7 Å². The van der Waals surface area contributed by atoms with Gasteiger partial charge in [0.1, 0.15) is 0 Å². The van der Waals surface area contributed by atoms with Gasteiger partial charge in [-0.3, -0.25) is 9.69 Å². The zero-order chi connectivity index (χ0) is 18.0. The molecule has 1 amide bonds. The van der Waals surface area contributed by atoms with Crippen LogP contribution in [-0.4, -0.2) is 24.4 Å². The van der Waals surface area contributed by atoms with Gasteiger partial charge in [0.15, 0.2) is 15.8 Å². The van der Waals surface area contributed by atoms with Crippen molar-refractivity contribution < 1.29 is 14.3 Å². The molecule has 0 N–H and O–H groups in total. The molecule has 128 valence electrons. The van der Waals surface area contributed by atoms with Crippen molar-refractivity contribution in [3.05, 3.63) is 58.5 Å². The van der Waals surface area contributed by atoms with Gasteiger partial charge in [-0.05, 0) is 36.8 Å². The molecule has 0 aliphatic carbocycles. The van der Waals surface area contributed by atoms with E-state index in [-0.39, 0.29) is 5.91 Å². The smallest absolute Gasteiger partial charge is 0.270 e. The maximum atomic E-state index is 12.9. The summed E-state index contributed by atoms with van der Waals surface area (Å²) in [5.74, 6) is 1.07. The van der Waals surface area contributed by atoms with Crippen molar-refractivity contribution in [3.63, 3.8) is 0 Å². The first-order valence-electron chi connectivity index (χ1n) is 7.60. The van der Waals surface area contributed by atoms with Crippen LogP contribution in [0.4, 0.5) is 5.69 Å². The number of carbonyl (C=O) groups is 1. The molecule has 1 fully saturated rings. The average molecular weight is 371 g/mol. The molecule has 2 aromatic carbocycles. The van der Waals surface area contributed by atoms with Gasteiger partial charge in [0, 0.05) is 5.56 Å². The second-order valence-corrected chi connectivity index (χ2v) is 7.11. The number of methoxy groups -OCH3 is 2. The predicted molar refractivity (Wildman–Crippen MR) is 106 cm³/mol. The number of benzene rings is 2. The highest BCUT2D eigenvalue weighted by molar-refractivity contribution is 8.27. The molecular weight excluding hydrogens is 354 g/mol. The molecule has 1 aliphatic heterocycles. The lowest BCUT2D eigenvalue weighted by atomic mass is 10.1. The molecule has 1 aliphatic rings. The van der Waals surface area contributed by atoms with Crippen molar-refractivity contribution in [2.45, 2.75) is 6.92 Å². The zero-order valence-corrected chi connectivity index (χ0v) is 15.7. The van der Waals surface area contributed by atoms with E-state index < -0.39 is 0 Å². The second-order valence-electron chi connectivity index (χ2n) is 5.44. The summed E-state index contributed by atoms with van der Waals surface area (Å²) in [7, 11) is 3.16. The lowest BCUT2D eigenvalue weighted by Crippen LogP contribution is -2.27. The van der Waals surface area contributed by atoms with Crippen molar-refractivity contribution in [1.29, 1.82) is 0 Å². The summed E-state index contributed by atoms with van der Waals surface area (Å²) in [4.78, 5) is 15.0. The molecule has 6 heteroatoms. The molecule has 1 saturated heterocycles. The molecule has 0 bridgehead atoms. The number of hydrogen-bond donors (Lipinski definition) is 0. The largest absolute Gasteiger partial charge is 0.493 e. The first kappa shape index (κ1) is 17.5. The normalized spacial score (nSPS) is 15.8. The van der Waals surface area contributed by atoms with Gasteiger partial charge in [-0.15, -0.1) is 0 Å². The summed E-state index contributed by atoms with van der Waals surface area (Å²) < 4.78 is 11.3. The Morgan fingerprint density at radius 1 is 1.12 bits per heavy atom. The van der Waals surface area contributed by atoms with E-state index in [1.54, 1.807) is 25.2 Å². The van der Waals surface area contributed by atoms with Crippen LogP contribution < -0.4 is 14.4 Å². The molecule has 0 saturated carbocycles. The fraction of sp³-hybridized carbons (Fsp3) is 0.158. The number of thiocarbonyl (C=S) groups is 1. The second kappa shape index (κ2) is 7.29.